The minimum Gasteiger partial charge on any atom is -0.491 e. The Morgan fingerprint density at radius 1 is 1.24 bits per heavy atom. The van der Waals surface area contributed by atoms with Crippen LogP contribution in [0, 0.1) is 23.0 Å². The molecule has 8 rings (SSSR count). The van der Waals surface area contributed by atoms with Gasteiger partial charge in [-0.25, -0.2) is 17.6 Å². The van der Waals surface area contributed by atoms with Gasteiger partial charge in [0.25, 0.3) is 0 Å². The van der Waals surface area contributed by atoms with Gasteiger partial charge in [0, 0.05) is 37.4 Å². The zero-order valence-electron chi connectivity index (χ0n) is 24.8. The normalized spacial score (nSPS) is 25.3. The molecule has 240 valence electrons. The van der Waals surface area contributed by atoms with Gasteiger partial charge >= 0.3 is 6.01 Å². The molecule has 5 heterocycles. The van der Waals surface area contributed by atoms with E-state index < -0.39 is 35.1 Å². The molecule has 0 unspecified atom stereocenters. The van der Waals surface area contributed by atoms with Crippen LogP contribution in [0.2, 0.25) is 5.02 Å². The van der Waals surface area contributed by atoms with Crippen molar-refractivity contribution in [2.45, 2.75) is 61.9 Å². The summed E-state index contributed by atoms with van der Waals surface area (Å²) in [7, 11) is 1.70. The van der Waals surface area contributed by atoms with E-state index in [1.807, 2.05) is 6.07 Å². The number of thiophene rings is 1. The molecule has 2 aromatic heterocycles. The number of nitriles is 1. The van der Waals surface area contributed by atoms with Gasteiger partial charge < -0.3 is 20.1 Å². The molecule has 4 aromatic rings. The number of anilines is 2. The summed E-state index contributed by atoms with van der Waals surface area (Å²) in [4.78, 5) is 13.0. The summed E-state index contributed by atoms with van der Waals surface area (Å²) in [6.07, 6.45) is 2.07. The maximum Gasteiger partial charge on any atom is 0.319 e. The van der Waals surface area contributed by atoms with Crippen LogP contribution < -0.4 is 20.1 Å². The third-order valence-corrected chi connectivity index (χ3v) is 11.5. The quantitative estimate of drug-likeness (QED) is 0.228. The van der Waals surface area contributed by atoms with Crippen LogP contribution in [-0.2, 0) is 0 Å². The molecule has 0 bridgehead atoms. The van der Waals surface area contributed by atoms with Crippen molar-refractivity contribution in [1.29, 1.82) is 5.26 Å². The molecule has 3 fully saturated rings. The minimum absolute atomic E-state index is 0.00408. The Balaban J connectivity index is 1.35. The van der Waals surface area contributed by atoms with Crippen LogP contribution in [0.15, 0.2) is 12.1 Å². The summed E-state index contributed by atoms with van der Waals surface area (Å²) in [5, 5.41) is 10.1. The monoisotopic (exact) mass is 672 g/mol. The molecule has 8 nitrogen and oxygen atoms in total. The van der Waals surface area contributed by atoms with Crippen molar-refractivity contribution < 1.29 is 27.0 Å². The number of ether oxygens (including phenoxy) is 2. The first-order valence-corrected chi connectivity index (χ1v) is 16.4. The number of rotatable bonds is 5. The van der Waals surface area contributed by atoms with Gasteiger partial charge in [-0.2, -0.15) is 15.2 Å². The fourth-order valence-electron chi connectivity index (χ4n) is 7.76. The van der Waals surface area contributed by atoms with Gasteiger partial charge in [0.15, 0.2) is 11.6 Å². The van der Waals surface area contributed by atoms with Crippen LogP contribution in [0.1, 0.15) is 44.1 Å². The minimum atomic E-state index is -1.45. The highest BCUT2D eigenvalue weighted by Gasteiger charge is 2.53. The second kappa shape index (κ2) is 10.5. The van der Waals surface area contributed by atoms with Crippen LogP contribution in [0.5, 0.6) is 11.8 Å². The second-order valence-electron chi connectivity index (χ2n) is 12.8. The summed E-state index contributed by atoms with van der Waals surface area (Å²) in [5.41, 5.74) is 3.90. The summed E-state index contributed by atoms with van der Waals surface area (Å²) >= 11 is 7.84. The van der Waals surface area contributed by atoms with Crippen molar-refractivity contribution in [1.82, 2.24) is 14.9 Å². The van der Waals surface area contributed by atoms with Crippen LogP contribution >= 0.6 is 22.9 Å². The molecular formula is C32H29ClF4N6O2S. The van der Waals surface area contributed by atoms with Crippen molar-refractivity contribution in [3.8, 4) is 29.0 Å². The molecule has 0 amide bonds. The van der Waals surface area contributed by atoms with E-state index in [9.17, 15) is 14.0 Å². The Hall–Kier alpha value is -3.60. The predicted octanol–water partition coefficient (Wildman–Crippen LogP) is 6.94. The fraction of sp³-hybridized carbons (Fsp3) is 0.469. The van der Waals surface area contributed by atoms with Gasteiger partial charge in [-0.3, -0.25) is 4.90 Å². The molecule has 2 N–H and O–H groups in total. The Morgan fingerprint density at radius 3 is 2.80 bits per heavy atom. The first-order valence-electron chi connectivity index (χ1n) is 15.3. The zero-order chi connectivity index (χ0) is 32.1. The molecular weight excluding hydrogens is 644 g/mol. The van der Waals surface area contributed by atoms with Crippen molar-refractivity contribution >= 4 is 54.7 Å². The lowest BCUT2D eigenvalue weighted by Crippen LogP contribution is -2.44. The number of halogens is 5. The number of alkyl halides is 2. The molecule has 46 heavy (non-hydrogen) atoms. The lowest BCUT2D eigenvalue weighted by Gasteiger charge is -2.35. The summed E-state index contributed by atoms with van der Waals surface area (Å²) in [6, 6.07) is 3.76. The van der Waals surface area contributed by atoms with Crippen LogP contribution in [0.4, 0.5) is 28.4 Å². The van der Waals surface area contributed by atoms with E-state index >= 15 is 8.78 Å². The highest BCUT2D eigenvalue weighted by atomic mass is 35.5. The maximum atomic E-state index is 17.1. The third kappa shape index (κ3) is 4.33. The molecule has 0 spiro atoms. The average molecular weight is 673 g/mol. The van der Waals surface area contributed by atoms with Gasteiger partial charge in [-0.1, -0.05) is 17.7 Å². The van der Waals surface area contributed by atoms with Crippen molar-refractivity contribution in [2.75, 3.05) is 44.0 Å². The number of nitrogen functional groups attached to an aromatic ring is 1. The highest BCUT2D eigenvalue weighted by molar-refractivity contribution is 7.23. The Kier molecular flexibility index (Phi) is 6.77. The largest absolute Gasteiger partial charge is 0.491 e. The standard InChI is InChI=1S/C32H29ClF4N6O2S/c1-42-19(32(37)7-8-32)5-10-44-26-22-25(40-30(41-29(22)42)45-14-31-6-2-9-43(31)13-15(34)11-31)24(36)21(23(26)33)16-3-4-18(35)27-20(16)17(12-38)28(39)46-27/h3-4,15,19H,2,5-11,13-14,39H2,1H3/t15-,19+,31+/m1/s1. The van der Waals surface area contributed by atoms with Crippen LogP contribution in [0.3, 0.4) is 0 Å². The van der Waals surface area contributed by atoms with Gasteiger partial charge in [0.05, 0.1) is 38.9 Å². The van der Waals surface area contributed by atoms with E-state index in [0.29, 0.717) is 32.2 Å². The first kappa shape index (κ1) is 29.8. The summed E-state index contributed by atoms with van der Waals surface area (Å²) in [5.74, 6) is -1.22. The molecule has 0 radical (unpaired) electrons. The molecule has 4 aliphatic rings. The number of nitrogens with zero attached hydrogens (tertiary/aromatic N) is 5. The Labute approximate surface area is 270 Å². The number of hydrogen-bond donors (Lipinski definition) is 1. The van der Waals surface area contributed by atoms with E-state index in [1.54, 1.807) is 11.9 Å². The Morgan fingerprint density at radius 2 is 2.04 bits per heavy atom. The molecule has 14 heteroatoms. The maximum absolute atomic E-state index is 17.1. The SMILES string of the molecule is CN1c2nc(OC[C@@]34CCCN3C[C@H](F)C4)nc3c(F)c(-c4ccc(F)c5sc(N)c(C#N)c45)c(Cl)c(c23)OCC[C@H]1C1(F)CC1. The van der Waals surface area contributed by atoms with Gasteiger partial charge in [0.2, 0.25) is 0 Å². The lowest BCUT2D eigenvalue weighted by molar-refractivity contribution is 0.107. The van der Waals surface area contributed by atoms with Crippen LogP contribution in [-0.4, -0.2) is 71.6 Å². The summed E-state index contributed by atoms with van der Waals surface area (Å²) < 4.78 is 74.6. The summed E-state index contributed by atoms with van der Waals surface area (Å²) in [6.45, 7) is 1.27. The average Bonchev–Trinajstić information content (AvgIpc) is 3.33. The number of fused-ring (bicyclic) bond motifs is 2. The number of aromatic nitrogens is 2. The van der Waals surface area contributed by atoms with Crippen molar-refractivity contribution in [3.63, 3.8) is 0 Å². The number of hydrogen-bond acceptors (Lipinski definition) is 9. The second-order valence-corrected chi connectivity index (χ2v) is 14.2. The lowest BCUT2D eigenvalue weighted by atomic mass is 9.95. The third-order valence-electron chi connectivity index (χ3n) is 10.1. The zero-order valence-corrected chi connectivity index (χ0v) is 26.4. The highest BCUT2D eigenvalue weighted by Crippen LogP contribution is 2.53. The fourth-order valence-corrected chi connectivity index (χ4v) is 9.04. The smallest absolute Gasteiger partial charge is 0.319 e. The van der Waals surface area contributed by atoms with E-state index in [2.05, 4.69) is 14.9 Å². The van der Waals surface area contributed by atoms with E-state index in [-0.39, 0.29) is 78.5 Å². The Bertz CT molecular complexity index is 1980. The van der Waals surface area contributed by atoms with Crippen molar-refractivity contribution in [2.24, 2.45) is 0 Å². The number of benzene rings is 2. The molecule has 1 saturated carbocycles. The number of nitrogens with two attached hydrogens (primary N) is 1. The topological polar surface area (TPSA) is 101 Å². The molecule has 2 aromatic carbocycles. The van der Waals surface area contributed by atoms with Gasteiger partial charge in [0.1, 0.15) is 46.7 Å². The molecule has 3 atom stereocenters. The molecule has 3 aliphatic heterocycles. The molecule has 2 saturated heterocycles. The van der Waals surface area contributed by atoms with Crippen molar-refractivity contribution in [3.05, 3.63) is 34.4 Å². The predicted molar refractivity (Wildman–Crippen MR) is 168 cm³/mol. The molecule has 1 aliphatic carbocycles. The first-order chi connectivity index (χ1) is 22.0. The van der Waals surface area contributed by atoms with Gasteiger partial charge in [-0.05, 0) is 43.9 Å². The van der Waals surface area contributed by atoms with Crippen LogP contribution in [0.25, 0.3) is 32.1 Å². The van der Waals surface area contributed by atoms with E-state index in [0.717, 1.165) is 30.7 Å². The van der Waals surface area contributed by atoms with E-state index in [4.69, 9.17) is 26.8 Å². The van der Waals surface area contributed by atoms with Gasteiger partial charge in [-0.15, -0.1) is 11.3 Å². The van der Waals surface area contributed by atoms with E-state index in [1.165, 1.54) is 12.1 Å².